The van der Waals surface area contributed by atoms with Crippen LogP contribution < -0.4 is 9.47 Å². The van der Waals surface area contributed by atoms with Gasteiger partial charge in [-0.05, 0) is 55.3 Å². The highest BCUT2D eigenvalue weighted by molar-refractivity contribution is 6.17. The summed E-state index contributed by atoms with van der Waals surface area (Å²) in [6, 6.07) is 14.6. The third-order valence-electron chi connectivity index (χ3n) is 3.72. The maximum Gasteiger partial charge on any atom is 0.345 e. The zero-order valence-corrected chi connectivity index (χ0v) is 16.3. The summed E-state index contributed by atoms with van der Waals surface area (Å²) in [4.78, 5) is 24.2. The van der Waals surface area contributed by atoms with Crippen molar-refractivity contribution in [1.29, 1.82) is 0 Å². The number of rotatable bonds is 9. The fourth-order valence-electron chi connectivity index (χ4n) is 2.37. The maximum atomic E-state index is 12.1. The average molecular weight is 384 g/mol. The predicted molar refractivity (Wildman–Crippen MR) is 105 cm³/mol. The first-order chi connectivity index (χ1) is 13.6. The van der Waals surface area contributed by atoms with Crippen LogP contribution in [0.1, 0.15) is 25.0 Å². The molecule has 0 radical (unpaired) electrons. The van der Waals surface area contributed by atoms with Gasteiger partial charge in [-0.15, -0.1) is 0 Å². The van der Waals surface area contributed by atoms with E-state index in [-0.39, 0.29) is 18.8 Å². The molecule has 2 aromatic rings. The van der Waals surface area contributed by atoms with E-state index in [0.717, 1.165) is 11.3 Å². The van der Waals surface area contributed by atoms with E-state index in [0.29, 0.717) is 17.9 Å². The molecule has 0 N–H and O–H groups in total. The lowest BCUT2D eigenvalue weighted by atomic mass is 10.1. The largest absolute Gasteiger partial charge is 0.497 e. The summed E-state index contributed by atoms with van der Waals surface area (Å²) in [7, 11) is 1.62. The Morgan fingerprint density at radius 3 is 2.11 bits per heavy atom. The van der Waals surface area contributed by atoms with Gasteiger partial charge in [0.2, 0.25) is 0 Å². The standard InChI is InChI=1S/C22H24O6/c1-4-26-21(23)20(22(24)27-5-2)14-17-7-6-8-19(13-17)28-15-16-9-11-18(25-3)12-10-16/h6-14H,4-5,15H2,1-3H3. The van der Waals surface area contributed by atoms with Gasteiger partial charge in [0.05, 0.1) is 20.3 Å². The van der Waals surface area contributed by atoms with E-state index in [1.165, 1.54) is 6.08 Å². The summed E-state index contributed by atoms with van der Waals surface area (Å²) >= 11 is 0. The third kappa shape index (κ3) is 6.16. The summed E-state index contributed by atoms with van der Waals surface area (Å²) in [5, 5.41) is 0. The lowest BCUT2D eigenvalue weighted by molar-refractivity contribution is -0.146. The molecule has 148 valence electrons. The van der Waals surface area contributed by atoms with Crippen LogP contribution in [0.5, 0.6) is 11.5 Å². The molecule has 0 unspecified atom stereocenters. The van der Waals surface area contributed by atoms with Gasteiger partial charge in [-0.3, -0.25) is 0 Å². The van der Waals surface area contributed by atoms with E-state index < -0.39 is 11.9 Å². The van der Waals surface area contributed by atoms with E-state index in [9.17, 15) is 9.59 Å². The van der Waals surface area contributed by atoms with Crippen molar-refractivity contribution in [2.24, 2.45) is 0 Å². The van der Waals surface area contributed by atoms with Crippen LogP contribution in [0.25, 0.3) is 6.08 Å². The molecular weight excluding hydrogens is 360 g/mol. The molecule has 0 saturated heterocycles. The van der Waals surface area contributed by atoms with Crippen molar-refractivity contribution >= 4 is 18.0 Å². The van der Waals surface area contributed by atoms with Crippen LogP contribution in [0.4, 0.5) is 0 Å². The number of esters is 2. The first-order valence-electron chi connectivity index (χ1n) is 8.99. The van der Waals surface area contributed by atoms with E-state index in [2.05, 4.69) is 0 Å². The van der Waals surface area contributed by atoms with E-state index in [1.54, 1.807) is 45.2 Å². The minimum atomic E-state index is -0.717. The summed E-state index contributed by atoms with van der Waals surface area (Å²) in [6.45, 7) is 4.06. The zero-order valence-electron chi connectivity index (χ0n) is 16.3. The molecule has 0 aromatic heterocycles. The Morgan fingerprint density at radius 1 is 0.893 bits per heavy atom. The van der Waals surface area contributed by atoms with Gasteiger partial charge in [0.25, 0.3) is 0 Å². The highest BCUT2D eigenvalue weighted by Gasteiger charge is 2.21. The van der Waals surface area contributed by atoms with Crippen molar-refractivity contribution in [2.75, 3.05) is 20.3 Å². The Bertz CT molecular complexity index is 803. The zero-order chi connectivity index (χ0) is 20.4. The number of methoxy groups -OCH3 is 1. The van der Waals surface area contributed by atoms with Crippen molar-refractivity contribution in [2.45, 2.75) is 20.5 Å². The minimum Gasteiger partial charge on any atom is -0.497 e. The molecule has 6 nitrogen and oxygen atoms in total. The number of hydrogen-bond donors (Lipinski definition) is 0. The van der Waals surface area contributed by atoms with Crippen molar-refractivity contribution in [3.8, 4) is 11.5 Å². The summed E-state index contributed by atoms with van der Waals surface area (Å²) in [5.74, 6) is -0.0472. The molecule has 0 amide bonds. The number of ether oxygens (including phenoxy) is 4. The maximum absolute atomic E-state index is 12.1. The molecule has 0 spiro atoms. The van der Waals surface area contributed by atoms with Gasteiger partial charge in [0, 0.05) is 0 Å². The predicted octanol–water partition coefficient (Wildman–Crippen LogP) is 3.78. The summed E-state index contributed by atoms with van der Waals surface area (Å²) in [6.07, 6.45) is 1.44. The van der Waals surface area contributed by atoms with E-state index in [1.807, 2.05) is 24.3 Å². The Labute approximate surface area is 164 Å². The third-order valence-corrected chi connectivity index (χ3v) is 3.72. The van der Waals surface area contributed by atoms with Crippen molar-refractivity contribution < 1.29 is 28.5 Å². The van der Waals surface area contributed by atoms with Gasteiger partial charge in [-0.25, -0.2) is 9.59 Å². The van der Waals surface area contributed by atoms with Gasteiger partial charge in [0.15, 0.2) is 0 Å². The Kier molecular flexibility index (Phi) is 8.09. The van der Waals surface area contributed by atoms with Gasteiger partial charge >= 0.3 is 11.9 Å². The molecule has 0 aliphatic heterocycles. The number of carbonyl (C=O) groups is 2. The van der Waals surface area contributed by atoms with Gasteiger partial charge in [0.1, 0.15) is 23.7 Å². The number of hydrogen-bond acceptors (Lipinski definition) is 6. The molecule has 0 heterocycles. The normalized spacial score (nSPS) is 9.96. The van der Waals surface area contributed by atoms with Crippen LogP contribution in [0, 0.1) is 0 Å². The molecule has 0 aliphatic carbocycles. The fourth-order valence-corrected chi connectivity index (χ4v) is 2.37. The Morgan fingerprint density at radius 2 is 1.54 bits per heavy atom. The topological polar surface area (TPSA) is 71.1 Å². The van der Waals surface area contributed by atoms with E-state index >= 15 is 0 Å². The monoisotopic (exact) mass is 384 g/mol. The lowest BCUT2D eigenvalue weighted by Gasteiger charge is -2.09. The molecule has 6 heteroatoms. The van der Waals surface area contributed by atoms with Crippen LogP contribution in [0.2, 0.25) is 0 Å². The van der Waals surface area contributed by atoms with Crippen LogP contribution in [0.3, 0.4) is 0 Å². The Hall–Kier alpha value is -3.28. The van der Waals surface area contributed by atoms with Gasteiger partial charge in [-0.1, -0.05) is 24.3 Å². The van der Waals surface area contributed by atoms with Crippen molar-refractivity contribution in [3.05, 3.63) is 65.2 Å². The van der Waals surface area contributed by atoms with Crippen molar-refractivity contribution in [1.82, 2.24) is 0 Å². The average Bonchev–Trinajstić information content (AvgIpc) is 2.71. The smallest absolute Gasteiger partial charge is 0.345 e. The molecule has 0 atom stereocenters. The first-order valence-corrected chi connectivity index (χ1v) is 8.99. The fraction of sp³-hybridized carbons (Fsp3) is 0.273. The highest BCUT2D eigenvalue weighted by atomic mass is 16.6. The molecule has 0 aliphatic rings. The van der Waals surface area contributed by atoms with Crippen LogP contribution >= 0.6 is 0 Å². The molecule has 2 rings (SSSR count). The molecule has 0 saturated carbocycles. The molecule has 0 bridgehead atoms. The van der Waals surface area contributed by atoms with Crippen molar-refractivity contribution in [3.63, 3.8) is 0 Å². The van der Waals surface area contributed by atoms with E-state index in [4.69, 9.17) is 18.9 Å². The second-order valence-electron chi connectivity index (χ2n) is 5.71. The molecular formula is C22H24O6. The summed E-state index contributed by atoms with van der Waals surface area (Å²) in [5.41, 5.74) is 1.46. The SMILES string of the molecule is CCOC(=O)C(=Cc1cccc(OCc2ccc(OC)cc2)c1)C(=O)OCC. The Balaban J connectivity index is 2.15. The first kappa shape index (κ1) is 21.0. The minimum absolute atomic E-state index is 0.156. The second-order valence-corrected chi connectivity index (χ2v) is 5.71. The second kappa shape index (κ2) is 10.8. The number of carbonyl (C=O) groups excluding carboxylic acids is 2. The summed E-state index contributed by atoms with van der Waals surface area (Å²) < 4.78 is 20.8. The van der Waals surface area contributed by atoms with Crippen LogP contribution in [0.15, 0.2) is 54.1 Å². The quantitative estimate of drug-likeness (QED) is 0.284. The molecule has 28 heavy (non-hydrogen) atoms. The van der Waals surface area contributed by atoms with Gasteiger partial charge < -0.3 is 18.9 Å². The number of benzene rings is 2. The van der Waals surface area contributed by atoms with Gasteiger partial charge in [-0.2, -0.15) is 0 Å². The highest BCUT2D eigenvalue weighted by Crippen LogP contribution is 2.19. The lowest BCUT2D eigenvalue weighted by Crippen LogP contribution is -2.18. The van der Waals surface area contributed by atoms with Crippen LogP contribution in [-0.2, 0) is 25.7 Å². The molecule has 0 fully saturated rings. The van der Waals surface area contributed by atoms with Crippen LogP contribution in [-0.4, -0.2) is 32.3 Å². The molecule has 2 aromatic carbocycles.